The number of hydrogen-bond donors (Lipinski definition) is 1. The second-order valence-electron chi connectivity index (χ2n) is 7.60. The molecule has 2 atom stereocenters. The highest BCUT2D eigenvalue weighted by Crippen LogP contribution is 2.42. The predicted octanol–water partition coefficient (Wildman–Crippen LogP) is 3.71. The lowest BCUT2D eigenvalue weighted by Gasteiger charge is -2.49. The number of aryl methyl sites for hydroxylation is 1. The molecule has 1 fully saturated rings. The van der Waals surface area contributed by atoms with Crippen molar-refractivity contribution in [1.82, 2.24) is 10.2 Å². The van der Waals surface area contributed by atoms with Gasteiger partial charge in [-0.25, -0.2) is 4.79 Å². The lowest BCUT2D eigenvalue weighted by Crippen LogP contribution is -2.70. The molecule has 2 aromatic carbocycles. The van der Waals surface area contributed by atoms with Crippen molar-refractivity contribution in [3.8, 4) is 0 Å². The molecule has 0 radical (unpaired) electrons. The molecule has 1 saturated heterocycles. The first-order valence-electron chi connectivity index (χ1n) is 10.4. The molecule has 33 heavy (non-hydrogen) atoms. The highest BCUT2D eigenvalue weighted by atomic mass is 32.2. The molecule has 2 amide bonds. The molecule has 4 rings (SSSR count). The average molecular weight is 501 g/mol. The van der Waals surface area contributed by atoms with Crippen LogP contribution in [0.5, 0.6) is 0 Å². The van der Waals surface area contributed by atoms with Crippen molar-refractivity contribution in [1.29, 1.82) is 0 Å². The lowest BCUT2D eigenvalue weighted by molar-refractivity contribution is -0.151. The van der Waals surface area contributed by atoms with Crippen LogP contribution in [0.4, 0.5) is 0 Å². The van der Waals surface area contributed by atoms with Gasteiger partial charge in [0.1, 0.15) is 17.1 Å². The quantitative estimate of drug-likeness (QED) is 0.336. The molecule has 0 aliphatic carbocycles. The Hall–Kier alpha value is -2.36. The molecule has 2 unspecified atom stereocenters. The molecule has 0 aromatic heterocycles. The molecule has 6 nitrogen and oxygen atoms in total. The molecule has 9 heteroatoms. The summed E-state index contributed by atoms with van der Waals surface area (Å²) in [7, 11) is 1.32. The van der Waals surface area contributed by atoms with E-state index in [1.807, 2.05) is 61.5 Å². The van der Waals surface area contributed by atoms with Crippen LogP contribution >= 0.6 is 35.3 Å². The van der Waals surface area contributed by atoms with E-state index in [4.69, 9.17) is 4.74 Å². The molecule has 172 valence electrons. The van der Waals surface area contributed by atoms with Crippen molar-refractivity contribution < 1.29 is 19.1 Å². The number of ether oxygens (including phenoxy) is 1. The molecule has 2 aliphatic rings. The van der Waals surface area contributed by atoms with Crippen LogP contribution in [-0.4, -0.2) is 58.5 Å². The third-order valence-electron chi connectivity index (χ3n) is 5.29. The molecular weight excluding hydrogens is 476 g/mol. The number of rotatable bonds is 8. The first-order chi connectivity index (χ1) is 16.0. The normalized spacial score (nSPS) is 19.6. The Kier molecular flexibility index (Phi) is 7.72. The number of fused-ring (bicyclic) bond motifs is 1. The standard InChI is InChI=1S/C24H24N2O4S3/c1-15-8-10-18(11-9-15)31-12-16-13-33-23-20(22(28)26(23)21(16)24(29)30-2)25-19(27)14-32-17-6-4-3-5-7-17/h3-11,20,23H,12-14H2,1-2H3,(H,25,27). The zero-order valence-corrected chi connectivity index (χ0v) is 20.7. The molecule has 2 aliphatic heterocycles. The third kappa shape index (κ3) is 5.42. The number of methoxy groups -OCH3 is 1. The van der Waals surface area contributed by atoms with Crippen LogP contribution < -0.4 is 5.32 Å². The van der Waals surface area contributed by atoms with Crippen LogP contribution in [0.3, 0.4) is 0 Å². The first-order valence-corrected chi connectivity index (χ1v) is 13.4. The number of amides is 2. The maximum Gasteiger partial charge on any atom is 0.354 e. The Morgan fingerprint density at radius 1 is 1.09 bits per heavy atom. The molecule has 0 bridgehead atoms. The Bertz CT molecular complexity index is 1070. The molecule has 2 heterocycles. The number of carbonyl (C=O) groups excluding carboxylic acids is 3. The summed E-state index contributed by atoms with van der Waals surface area (Å²) in [5, 5.41) is 2.54. The maximum absolute atomic E-state index is 12.9. The summed E-state index contributed by atoms with van der Waals surface area (Å²) in [5.74, 6) is 0.418. The number of carbonyl (C=O) groups is 3. The number of hydrogen-bond acceptors (Lipinski definition) is 7. The fourth-order valence-electron chi connectivity index (χ4n) is 3.57. The highest BCUT2D eigenvalue weighted by Gasteiger charge is 2.54. The van der Waals surface area contributed by atoms with E-state index in [1.165, 1.54) is 29.3 Å². The third-order valence-corrected chi connectivity index (χ3v) is 8.74. The fraction of sp³-hybridized carbons (Fsp3) is 0.292. The van der Waals surface area contributed by atoms with Gasteiger partial charge in [0.05, 0.1) is 12.9 Å². The number of benzene rings is 2. The summed E-state index contributed by atoms with van der Waals surface area (Å²) in [6, 6.07) is 17.2. The van der Waals surface area contributed by atoms with Crippen LogP contribution in [0, 0.1) is 6.92 Å². The molecule has 2 aromatic rings. The van der Waals surface area contributed by atoms with E-state index in [2.05, 4.69) is 5.32 Å². The minimum atomic E-state index is -0.634. The largest absolute Gasteiger partial charge is 0.464 e. The van der Waals surface area contributed by atoms with Crippen LogP contribution in [0.15, 0.2) is 75.7 Å². The maximum atomic E-state index is 12.9. The van der Waals surface area contributed by atoms with Crippen molar-refractivity contribution in [2.75, 3.05) is 24.4 Å². The minimum absolute atomic E-state index is 0.202. The summed E-state index contributed by atoms with van der Waals surface area (Å²) in [6.45, 7) is 2.04. The van der Waals surface area contributed by atoms with E-state index in [1.54, 1.807) is 23.5 Å². The monoisotopic (exact) mass is 500 g/mol. The van der Waals surface area contributed by atoms with Crippen molar-refractivity contribution in [3.63, 3.8) is 0 Å². The van der Waals surface area contributed by atoms with Gasteiger partial charge in [0.15, 0.2) is 0 Å². The van der Waals surface area contributed by atoms with Gasteiger partial charge in [0.25, 0.3) is 5.91 Å². The van der Waals surface area contributed by atoms with Gasteiger partial charge in [0, 0.05) is 21.3 Å². The molecule has 0 saturated carbocycles. The number of thioether (sulfide) groups is 3. The summed E-state index contributed by atoms with van der Waals surface area (Å²) in [5.41, 5.74) is 2.37. The van der Waals surface area contributed by atoms with Gasteiger partial charge in [-0.2, -0.15) is 0 Å². The average Bonchev–Trinajstić information content (AvgIpc) is 2.85. The van der Waals surface area contributed by atoms with Crippen molar-refractivity contribution in [3.05, 3.63) is 71.4 Å². The molecule has 1 N–H and O–H groups in total. The fourth-order valence-corrected chi connectivity index (χ4v) is 6.68. The number of nitrogens with one attached hydrogen (secondary N) is 1. The molecular formula is C24H24N2O4S3. The predicted molar refractivity (Wildman–Crippen MR) is 133 cm³/mol. The Balaban J connectivity index is 1.41. The number of nitrogens with zero attached hydrogens (tertiary/aromatic N) is 1. The summed E-state index contributed by atoms with van der Waals surface area (Å²) in [6.07, 6.45) is 0. The van der Waals surface area contributed by atoms with Crippen LogP contribution in [0.25, 0.3) is 0 Å². The zero-order valence-electron chi connectivity index (χ0n) is 18.3. The van der Waals surface area contributed by atoms with Crippen molar-refractivity contribution in [2.45, 2.75) is 28.1 Å². The van der Waals surface area contributed by atoms with Crippen molar-refractivity contribution >= 4 is 53.1 Å². The van der Waals surface area contributed by atoms with Gasteiger partial charge in [0.2, 0.25) is 5.91 Å². The van der Waals surface area contributed by atoms with Crippen LogP contribution in [0.1, 0.15) is 5.56 Å². The Labute approximate surface area is 205 Å². The minimum Gasteiger partial charge on any atom is -0.464 e. The van der Waals surface area contributed by atoms with Gasteiger partial charge >= 0.3 is 5.97 Å². The smallest absolute Gasteiger partial charge is 0.354 e. The van der Waals surface area contributed by atoms with Crippen LogP contribution in [-0.2, 0) is 19.1 Å². The first kappa shape index (κ1) is 23.8. The van der Waals surface area contributed by atoms with Gasteiger partial charge < -0.3 is 10.1 Å². The van der Waals surface area contributed by atoms with Gasteiger partial charge in [-0.1, -0.05) is 35.9 Å². The summed E-state index contributed by atoms with van der Waals surface area (Å²) in [4.78, 5) is 41.5. The second-order valence-corrected chi connectivity index (χ2v) is 10.8. The SMILES string of the molecule is COC(=O)C1=C(CSc2ccc(C)cc2)CSC2C(NC(=O)CSc3ccccc3)C(=O)N12. The number of β-lactam (4-membered cyclic amide) rings is 1. The zero-order chi connectivity index (χ0) is 23.4. The van der Waals surface area contributed by atoms with Gasteiger partial charge in [-0.3, -0.25) is 14.5 Å². The van der Waals surface area contributed by atoms with Gasteiger partial charge in [-0.05, 0) is 36.8 Å². The van der Waals surface area contributed by atoms with E-state index in [9.17, 15) is 14.4 Å². The molecule has 0 spiro atoms. The van der Waals surface area contributed by atoms with Crippen molar-refractivity contribution in [2.24, 2.45) is 0 Å². The van der Waals surface area contributed by atoms with E-state index in [0.717, 1.165) is 15.4 Å². The van der Waals surface area contributed by atoms with E-state index < -0.39 is 12.0 Å². The summed E-state index contributed by atoms with van der Waals surface area (Å²) >= 11 is 4.61. The second kappa shape index (κ2) is 10.7. The Morgan fingerprint density at radius 2 is 1.79 bits per heavy atom. The van der Waals surface area contributed by atoms with E-state index >= 15 is 0 Å². The van der Waals surface area contributed by atoms with E-state index in [0.29, 0.717) is 17.2 Å². The summed E-state index contributed by atoms with van der Waals surface area (Å²) < 4.78 is 4.99. The highest BCUT2D eigenvalue weighted by molar-refractivity contribution is 8.01. The van der Waals surface area contributed by atoms with Crippen LogP contribution in [0.2, 0.25) is 0 Å². The van der Waals surface area contributed by atoms with Gasteiger partial charge in [-0.15, -0.1) is 35.3 Å². The lowest BCUT2D eigenvalue weighted by atomic mass is 10.0. The Morgan fingerprint density at radius 3 is 2.48 bits per heavy atom. The van der Waals surface area contributed by atoms with E-state index in [-0.39, 0.29) is 22.9 Å². The topological polar surface area (TPSA) is 75.7 Å². The number of esters is 1.